The Kier molecular flexibility index (Phi) is 8.85. The van der Waals surface area contributed by atoms with E-state index in [1.165, 1.54) is 22.3 Å². The number of anilines is 1. The van der Waals surface area contributed by atoms with E-state index in [1.54, 1.807) is 17.0 Å². The van der Waals surface area contributed by atoms with Crippen LogP contribution in [0.1, 0.15) is 43.0 Å². The molecule has 1 heterocycles. The summed E-state index contributed by atoms with van der Waals surface area (Å²) < 4.78 is 0. The topological polar surface area (TPSA) is 37.4 Å². The first-order chi connectivity index (χ1) is 17.6. The van der Waals surface area contributed by atoms with Crippen molar-refractivity contribution in [3.63, 3.8) is 0 Å². The van der Waals surface area contributed by atoms with Crippen LogP contribution in [0.2, 0.25) is 0 Å². The molecule has 0 saturated heterocycles. The van der Waals surface area contributed by atoms with Crippen LogP contribution >= 0.6 is 15.9 Å². The lowest BCUT2D eigenvalue weighted by molar-refractivity contribution is -0.114. The fourth-order valence-corrected chi connectivity index (χ4v) is 5.03. The second kappa shape index (κ2) is 12.5. The number of Topliss-reactive ketones (excluding diaryl/α,β-unsaturated/α-hetero) is 1. The van der Waals surface area contributed by atoms with Crippen LogP contribution in [0, 0.1) is 0 Å². The molecule has 0 saturated carbocycles. The number of hydrogen-bond acceptors (Lipinski definition) is 2. The number of unbranched alkanes of at least 4 members (excludes halogenated alkanes) is 2. The van der Waals surface area contributed by atoms with Gasteiger partial charge in [0.05, 0.1) is 16.2 Å². The molecule has 0 bridgehead atoms. The van der Waals surface area contributed by atoms with Crippen molar-refractivity contribution in [1.82, 2.24) is 0 Å². The third-order valence-electron chi connectivity index (χ3n) is 6.25. The molecule has 1 aliphatic heterocycles. The highest BCUT2D eigenvalue weighted by Gasteiger charge is 2.38. The van der Waals surface area contributed by atoms with Gasteiger partial charge >= 0.3 is 0 Å². The summed E-state index contributed by atoms with van der Waals surface area (Å²) in [5.74, 6) is -0.819. The van der Waals surface area contributed by atoms with Crippen molar-refractivity contribution >= 4 is 33.3 Å². The molecule has 0 fully saturated rings. The van der Waals surface area contributed by atoms with Gasteiger partial charge in [-0.25, -0.2) is 0 Å². The molecule has 36 heavy (non-hydrogen) atoms. The highest BCUT2D eigenvalue weighted by Crippen LogP contribution is 2.33. The van der Waals surface area contributed by atoms with Crippen molar-refractivity contribution in [3.8, 4) is 22.3 Å². The smallest absolute Gasteiger partial charge is 0.292 e. The Morgan fingerprint density at radius 2 is 1.11 bits per heavy atom. The molecule has 0 radical (unpaired) electrons. The zero-order chi connectivity index (χ0) is 25.3. The molecule has 4 aromatic carbocycles. The highest BCUT2D eigenvalue weighted by atomic mass is 79.9. The Labute approximate surface area is 221 Å². The molecule has 1 aliphatic rings. The third-order valence-corrected chi connectivity index (χ3v) is 7.11. The molecule has 1 amide bonds. The summed E-state index contributed by atoms with van der Waals surface area (Å²) in [6, 6.07) is 36.8. The van der Waals surface area contributed by atoms with Crippen LogP contribution in [0.15, 0.2) is 109 Å². The number of carbonyl (C=O) groups excluding carboxylic acids is 2. The van der Waals surface area contributed by atoms with Gasteiger partial charge < -0.3 is 0 Å². The number of alkyl halides is 1. The summed E-state index contributed by atoms with van der Waals surface area (Å²) in [6.07, 6.45) is 4.19. The van der Waals surface area contributed by atoms with Crippen LogP contribution in [0.3, 0.4) is 0 Å². The van der Waals surface area contributed by atoms with Crippen molar-refractivity contribution in [3.05, 3.63) is 115 Å². The average Bonchev–Trinajstić information content (AvgIpc) is 3.20. The van der Waals surface area contributed by atoms with Gasteiger partial charge in [0.2, 0.25) is 0 Å². The van der Waals surface area contributed by atoms with Crippen LogP contribution in [0.25, 0.3) is 22.3 Å². The van der Waals surface area contributed by atoms with Crippen molar-refractivity contribution in [2.24, 2.45) is 0 Å². The van der Waals surface area contributed by atoms with E-state index in [0.717, 1.165) is 31.4 Å². The Morgan fingerprint density at radius 1 is 0.639 bits per heavy atom. The zero-order valence-corrected chi connectivity index (χ0v) is 22.0. The van der Waals surface area contributed by atoms with Crippen molar-refractivity contribution in [2.45, 2.75) is 37.6 Å². The van der Waals surface area contributed by atoms with Gasteiger partial charge in [-0.2, -0.15) is 0 Å². The van der Waals surface area contributed by atoms with Crippen LogP contribution in [0.5, 0.6) is 0 Å². The molecule has 0 N–H and O–H groups in total. The van der Waals surface area contributed by atoms with Gasteiger partial charge in [0, 0.05) is 0 Å². The summed E-state index contributed by atoms with van der Waals surface area (Å²) in [7, 11) is 0. The molecular formula is C32H30BrNO2. The standard InChI is InChI=1S/C18H14.C14H16BrNO2/c1-3-7-15(8-4-1)17-11-13-18(14-12-17)16-9-5-2-6-10-16;1-2-3-4-9-12(15)16-11-8-6-5-7-10(11)13(17)14(16)18/h1-14H;5-8,12H,2-4,9H2,1H3. The first-order valence-corrected chi connectivity index (χ1v) is 13.3. The molecule has 1 atom stereocenters. The van der Waals surface area contributed by atoms with Gasteiger partial charge in [-0.15, -0.1) is 0 Å². The van der Waals surface area contributed by atoms with E-state index in [0.29, 0.717) is 5.56 Å². The average molecular weight is 541 g/mol. The first-order valence-electron chi connectivity index (χ1n) is 12.4. The van der Waals surface area contributed by atoms with Gasteiger partial charge in [0.25, 0.3) is 11.7 Å². The predicted octanol–water partition coefficient (Wildman–Crippen LogP) is 8.54. The lowest BCUT2D eigenvalue weighted by Gasteiger charge is -2.22. The summed E-state index contributed by atoms with van der Waals surface area (Å²) in [5, 5.41) is 0. The van der Waals surface area contributed by atoms with E-state index in [4.69, 9.17) is 0 Å². The van der Waals surface area contributed by atoms with E-state index in [9.17, 15) is 9.59 Å². The maximum Gasteiger partial charge on any atom is 0.300 e. The number of ketones is 1. The van der Waals surface area contributed by atoms with Crippen molar-refractivity contribution < 1.29 is 9.59 Å². The van der Waals surface area contributed by atoms with Gasteiger partial charge in [-0.05, 0) is 40.8 Å². The minimum absolute atomic E-state index is 0.0934. The summed E-state index contributed by atoms with van der Waals surface area (Å²) in [6.45, 7) is 2.14. The van der Waals surface area contributed by atoms with Gasteiger partial charge in [-0.3, -0.25) is 14.5 Å². The van der Waals surface area contributed by atoms with Gasteiger partial charge in [0.15, 0.2) is 0 Å². The normalized spacial score (nSPS) is 13.1. The van der Waals surface area contributed by atoms with E-state index < -0.39 is 11.7 Å². The van der Waals surface area contributed by atoms with E-state index in [2.05, 4.69) is 95.7 Å². The molecule has 182 valence electrons. The van der Waals surface area contributed by atoms with Crippen molar-refractivity contribution in [1.29, 1.82) is 0 Å². The fourth-order valence-electron chi connectivity index (χ4n) is 4.30. The minimum atomic E-state index is -0.422. The molecule has 0 aliphatic carbocycles. The summed E-state index contributed by atoms with van der Waals surface area (Å²) >= 11 is 3.53. The summed E-state index contributed by atoms with van der Waals surface area (Å²) in [5.41, 5.74) is 6.29. The molecule has 1 unspecified atom stereocenters. The Morgan fingerprint density at radius 3 is 1.64 bits per heavy atom. The van der Waals surface area contributed by atoms with Crippen LogP contribution in [-0.4, -0.2) is 16.6 Å². The largest absolute Gasteiger partial charge is 0.300 e. The number of benzene rings is 4. The molecule has 4 aromatic rings. The van der Waals surface area contributed by atoms with E-state index in [1.807, 2.05) is 24.3 Å². The van der Waals surface area contributed by atoms with Gasteiger partial charge in [0.1, 0.15) is 0 Å². The molecule has 5 rings (SSSR count). The monoisotopic (exact) mass is 539 g/mol. The van der Waals surface area contributed by atoms with E-state index in [-0.39, 0.29) is 4.95 Å². The first kappa shape index (κ1) is 25.6. The molecular weight excluding hydrogens is 510 g/mol. The zero-order valence-electron chi connectivity index (χ0n) is 20.4. The van der Waals surface area contributed by atoms with E-state index >= 15 is 0 Å². The molecule has 4 heteroatoms. The maximum absolute atomic E-state index is 12.0. The number of hydrogen-bond donors (Lipinski definition) is 0. The number of halogens is 1. The summed E-state index contributed by atoms with van der Waals surface area (Å²) in [4.78, 5) is 25.3. The highest BCUT2D eigenvalue weighted by molar-refractivity contribution is 9.09. The number of para-hydroxylation sites is 1. The van der Waals surface area contributed by atoms with Crippen LogP contribution in [0.4, 0.5) is 5.69 Å². The number of nitrogens with zero attached hydrogens (tertiary/aromatic N) is 1. The Bertz CT molecular complexity index is 1230. The van der Waals surface area contributed by atoms with Crippen molar-refractivity contribution in [2.75, 3.05) is 4.90 Å². The predicted molar refractivity (Wildman–Crippen MR) is 152 cm³/mol. The lowest BCUT2D eigenvalue weighted by Crippen LogP contribution is -2.35. The molecule has 0 spiro atoms. The second-order valence-corrected chi connectivity index (χ2v) is 9.82. The fraction of sp³-hybridized carbons (Fsp3) is 0.188. The number of carbonyl (C=O) groups is 2. The SMILES string of the molecule is CCCCCC(Br)N1C(=O)C(=O)c2ccccc21.c1ccc(-c2ccc(-c3ccccc3)cc2)cc1. The quantitative estimate of drug-likeness (QED) is 0.102. The third kappa shape index (κ3) is 6.00. The van der Waals surface area contributed by atoms with Gasteiger partial charge in [-0.1, -0.05) is 139 Å². The molecule has 3 nitrogen and oxygen atoms in total. The van der Waals surface area contributed by atoms with Crippen LogP contribution in [-0.2, 0) is 4.79 Å². The Hall–Kier alpha value is -3.50. The molecule has 0 aromatic heterocycles. The number of rotatable bonds is 7. The van der Waals surface area contributed by atoms with Crippen LogP contribution < -0.4 is 4.90 Å². The Balaban J connectivity index is 0.000000169. The number of fused-ring (bicyclic) bond motifs is 1. The second-order valence-electron chi connectivity index (χ2n) is 8.76. The maximum atomic E-state index is 12.0. The minimum Gasteiger partial charge on any atom is -0.292 e. The lowest BCUT2D eigenvalue weighted by atomic mass is 10.0. The number of amides is 1.